The van der Waals surface area contributed by atoms with E-state index in [1.54, 1.807) is 0 Å². The van der Waals surface area contributed by atoms with Crippen LogP contribution >= 0.6 is 16.1 Å². The topological polar surface area (TPSA) is 8.17 Å². The molecule has 2 nitrogen and oxygen atoms in total. The molecule has 1 aromatic heterocycles. The molecule has 0 atom stereocenters. The average molecular weight is 253 g/mol. The number of fused-ring (bicyclic) bond motifs is 1. The molecule has 0 aliphatic carbocycles. The van der Waals surface area contributed by atoms with Gasteiger partial charge in [0.1, 0.15) is 0 Å². The molecule has 0 radical (unpaired) electrons. The molecule has 0 bridgehead atoms. The summed E-state index contributed by atoms with van der Waals surface area (Å²) in [5.41, 5.74) is 2.58. The minimum atomic E-state index is 0.971. The minimum Gasteiger partial charge on any atom is -0.305 e. The van der Waals surface area contributed by atoms with Crippen LogP contribution in [0.4, 0.5) is 0 Å². The lowest BCUT2D eigenvalue weighted by molar-refractivity contribution is 0.404. The van der Waals surface area contributed by atoms with Crippen molar-refractivity contribution in [1.82, 2.24) is 8.49 Å². The van der Waals surface area contributed by atoms with Crippen LogP contribution in [0.3, 0.4) is 0 Å². The van der Waals surface area contributed by atoms with Crippen LogP contribution in [0.25, 0.3) is 10.9 Å². The van der Waals surface area contributed by atoms with Gasteiger partial charge in [-0.1, -0.05) is 18.2 Å². The van der Waals surface area contributed by atoms with Gasteiger partial charge in [0, 0.05) is 18.1 Å². The molecule has 0 saturated heterocycles. The van der Waals surface area contributed by atoms with E-state index in [0.717, 1.165) is 6.54 Å². The zero-order valence-electron chi connectivity index (χ0n) is 8.37. The summed E-state index contributed by atoms with van der Waals surface area (Å²) in [6, 6.07) is 8.41. The number of hydrogen-bond donors (Lipinski definition) is 0. The third-order valence-corrected chi connectivity index (χ3v) is 2.82. The first kappa shape index (κ1) is 9.74. The maximum Gasteiger partial charge on any atom is 0.0594 e. The molecule has 0 saturated carbocycles. The van der Waals surface area contributed by atoms with Gasteiger partial charge < -0.3 is 4.90 Å². The van der Waals surface area contributed by atoms with Gasteiger partial charge in [-0.25, -0.2) is 0 Å². The van der Waals surface area contributed by atoms with Crippen molar-refractivity contribution in [1.29, 1.82) is 0 Å². The molecule has 1 heterocycles. The van der Waals surface area contributed by atoms with E-state index in [1.165, 1.54) is 16.5 Å². The summed E-state index contributed by atoms with van der Waals surface area (Å²) in [5.74, 6) is 0. The van der Waals surface area contributed by atoms with Crippen LogP contribution in [0.15, 0.2) is 30.5 Å². The third kappa shape index (κ3) is 1.70. The highest BCUT2D eigenvalue weighted by atomic mass is 79.9. The van der Waals surface area contributed by atoms with Crippen LogP contribution in [-0.2, 0) is 6.54 Å². The smallest absolute Gasteiger partial charge is 0.0594 e. The molecule has 14 heavy (non-hydrogen) atoms. The summed E-state index contributed by atoms with van der Waals surface area (Å²) in [6.07, 6.45) is 2.13. The van der Waals surface area contributed by atoms with Crippen LogP contribution in [0, 0.1) is 0 Å². The van der Waals surface area contributed by atoms with Crippen molar-refractivity contribution in [2.75, 3.05) is 14.1 Å². The Morgan fingerprint density at radius 3 is 2.71 bits per heavy atom. The summed E-state index contributed by atoms with van der Waals surface area (Å²) >= 11 is 3.51. The number of aromatic nitrogens is 1. The van der Waals surface area contributed by atoms with Crippen LogP contribution < -0.4 is 0 Å². The highest BCUT2D eigenvalue weighted by Gasteiger charge is 2.06. The quantitative estimate of drug-likeness (QED) is 0.798. The van der Waals surface area contributed by atoms with E-state index in [-0.39, 0.29) is 0 Å². The fourth-order valence-corrected chi connectivity index (χ4v) is 2.23. The molecule has 0 unspecified atom stereocenters. The molecule has 0 spiro atoms. The monoisotopic (exact) mass is 252 g/mol. The Balaban J connectivity index is 2.55. The predicted molar refractivity (Wildman–Crippen MR) is 63.7 cm³/mol. The van der Waals surface area contributed by atoms with Crippen LogP contribution in [0.2, 0.25) is 0 Å². The van der Waals surface area contributed by atoms with Gasteiger partial charge in [-0.3, -0.25) is 3.59 Å². The van der Waals surface area contributed by atoms with E-state index in [2.05, 4.69) is 65.6 Å². The summed E-state index contributed by atoms with van der Waals surface area (Å²) < 4.78 is 2.00. The summed E-state index contributed by atoms with van der Waals surface area (Å²) in [6.45, 7) is 0.971. The fraction of sp³-hybridized carbons (Fsp3) is 0.273. The highest BCUT2D eigenvalue weighted by Crippen LogP contribution is 2.23. The molecule has 0 fully saturated rings. The van der Waals surface area contributed by atoms with Crippen molar-refractivity contribution in [3.8, 4) is 0 Å². The number of rotatable bonds is 2. The molecular formula is C11H13BrN2. The van der Waals surface area contributed by atoms with E-state index in [1.807, 2.05) is 3.59 Å². The van der Waals surface area contributed by atoms with Gasteiger partial charge in [-0.05, 0) is 25.7 Å². The number of halogens is 1. The number of para-hydroxylation sites is 1. The number of hydrogen-bond acceptors (Lipinski definition) is 1. The Morgan fingerprint density at radius 1 is 1.29 bits per heavy atom. The van der Waals surface area contributed by atoms with Crippen molar-refractivity contribution in [2.24, 2.45) is 0 Å². The SMILES string of the molecule is CN(C)Cc1cn(Br)c2ccccc12. The van der Waals surface area contributed by atoms with Gasteiger partial charge in [0.15, 0.2) is 0 Å². The van der Waals surface area contributed by atoms with Crippen molar-refractivity contribution >= 4 is 27.1 Å². The van der Waals surface area contributed by atoms with Crippen molar-refractivity contribution in [3.63, 3.8) is 0 Å². The summed E-state index contributed by atoms with van der Waals surface area (Å²) in [5, 5.41) is 1.32. The molecule has 0 aliphatic heterocycles. The van der Waals surface area contributed by atoms with Crippen LogP contribution in [-0.4, -0.2) is 22.6 Å². The van der Waals surface area contributed by atoms with E-state index >= 15 is 0 Å². The van der Waals surface area contributed by atoms with Crippen molar-refractivity contribution < 1.29 is 0 Å². The standard InChI is InChI=1S/C11H13BrN2/c1-13(2)7-9-8-14(12)11-6-4-3-5-10(9)11/h3-6,8H,7H2,1-2H3. The Hall–Kier alpha value is -0.800. The fourth-order valence-electron chi connectivity index (χ4n) is 1.67. The minimum absolute atomic E-state index is 0.971. The van der Waals surface area contributed by atoms with Gasteiger partial charge in [0.25, 0.3) is 0 Å². The second kappa shape index (κ2) is 3.75. The molecular weight excluding hydrogens is 240 g/mol. The lowest BCUT2D eigenvalue weighted by Crippen LogP contribution is -2.10. The Labute approximate surface area is 92.5 Å². The molecule has 2 aromatic rings. The lowest BCUT2D eigenvalue weighted by atomic mass is 10.2. The first-order valence-corrected chi connectivity index (χ1v) is 5.29. The maximum absolute atomic E-state index is 3.51. The molecule has 3 heteroatoms. The van der Waals surface area contributed by atoms with Gasteiger partial charge in [-0.2, -0.15) is 0 Å². The van der Waals surface area contributed by atoms with Gasteiger partial charge in [0.05, 0.1) is 21.7 Å². The average Bonchev–Trinajstić information content (AvgIpc) is 2.44. The van der Waals surface area contributed by atoms with E-state index in [9.17, 15) is 0 Å². The van der Waals surface area contributed by atoms with E-state index in [4.69, 9.17) is 0 Å². The molecule has 0 amide bonds. The van der Waals surface area contributed by atoms with E-state index < -0.39 is 0 Å². The molecule has 0 aliphatic rings. The lowest BCUT2D eigenvalue weighted by Gasteiger charge is -2.07. The number of nitrogens with zero attached hydrogens (tertiary/aromatic N) is 2. The first-order chi connectivity index (χ1) is 6.68. The molecule has 0 N–H and O–H groups in total. The Kier molecular flexibility index (Phi) is 2.61. The van der Waals surface area contributed by atoms with E-state index in [0.29, 0.717) is 0 Å². The van der Waals surface area contributed by atoms with Gasteiger partial charge in [0.2, 0.25) is 0 Å². The molecule has 1 aromatic carbocycles. The predicted octanol–water partition coefficient (Wildman–Crippen LogP) is 2.86. The van der Waals surface area contributed by atoms with Gasteiger partial charge >= 0.3 is 0 Å². The Morgan fingerprint density at radius 2 is 2.00 bits per heavy atom. The second-order valence-electron chi connectivity index (χ2n) is 3.72. The zero-order valence-corrected chi connectivity index (χ0v) is 9.95. The summed E-state index contributed by atoms with van der Waals surface area (Å²) in [4.78, 5) is 2.18. The van der Waals surface area contributed by atoms with Crippen LogP contribution in [0.1, 0.15) is 5.56 Å². The molecule has 2 rings (SSSR count). The maximum atomic E-state index is 3.51. The Bertz CT molecular complexity index is 445. The van der Waals surface area contributed by atoms with Crippen molar-refractivity contribution in [2.45, 2.75) is 6.54 Å². The third-order valence-electron chi connectivity index (χ3n) is 2.24. The van der Waals surface area contributed by atoms with Crippen LogP contribution in [0.5, 0.6) is 0 Å². The largest absolute Gasteiger partial charge is 0.305 e. The zero-order chi connectivity index (χ0) is 10.1. The van der Waals surface area contributed by atoms with Gasteiger partial charge in [-0.15, -0.1) is 0 Å². The summed E-state index contributed by atoms with van der Waals surface area (Å²) in [7, 11) is 4.17. The van der Waals surface area contributed by atoms with Crippen molar-refractivity contribution in [3.05, 3.63) is 36.0 Å². The number of benzene rings is 1. The second-order valence-corrected chi connectivity index (χ2v) is 4.48. The normalized spacial score (nSPS) is 11.4. The molecule has 74 valence electrons. The highest BCUT2D eigenvalue weighted by molar-refractivity contribution is 9.08. The first-order valence-electron chi connectivity index (χ1n) is 4.58.